The fourth-order valence-corrected chi connectivity index (χ4v) is 6.73. The molecule has 12 heteroatoms. The molecular weight excluding hydrogens is 585 g/mol. The second kappa shape index (κ2) is 11.1. The van der Waals surface area contributed by atoms with Crippen molar-refractivity contribution in [3.63, 3.8) is 0 Å². The van der Waals surface area contributed by atoms with E-state index in [1.165, 1.54) is 28.6 Å². The maximum atomic E-state index is 14.7. The Morgan fingerprint density at radius 3 is 2.32 bits per heavy atom. The van der Waals surface area contributed by atoms with E-state index < -0.39 is 26.9 Å². The Labute approximate surface area is 256 Å². The number of imidazole rings is 1. The van der Waals surface area contributed by atoms with Crippen molar-refractivity contribution in [1.82, 2.24) is 18.9 Å². The van der Waals surface area contributed by atoms with Gasteiger partial charge in [0.25, 0.3) is 0 Å². The molecule has 1 N–H and O–H groups in total. The molecule has 0 bridgehead atoms. The Hall–Kier alpha value is -4.19. The number of aryl methyl sites for hydroxylation is 3. The molecule has 4 aromatic rings. The van der Waals surface area contributed by atoms with Gasteiger partial charge >= 0.3 is 11.7 Å². The zero-order chi connectivity index (χ0) is 32.3. The predicted molar refractivity (Wildman–Crippen MR) is 166 cm³/mol. The molecule has 0 aliphatic heterocycles. The molecule has 2 heterocycles. The lowest BCUT2D eigenvalue weighted by atomic mass is 9.78. The number of benzene rings is 2. The van der Waals surface area contributed by atoms with Crippen LogP contribution in [0.3, 0.4) is 0 Å². The highest BCUT2D eigenvalue weighted by Gasteiger charge is 2.39. The quantitative estimate of drug-likeness (QED) is 0.278. The van der Waals surface area contributed by atoms with E-state index in [2.05, 4.69) is 0 Å². The topological polar surface area (TPSA) is 121 Å². The van der Waals surface area contributed by atoms with Gasteiger partial charge in [-0.05, 0) is 88.8 Å². The van der Waals surface area contributed by atoms with E-state index >= 15 is 0 Å². The number of methoxy groups -OCH3 is 1. The van der Waals surface area contributed by atoms with Crippen LogP contribution in [0.15, 0.2) is 52.4 Å². The monoisotopic (exact) mass is 623 g/mol. The second-order valence-electron chi connectivity index (χ2n) is 12.5. The van der Waals surface area contributed by atoms with E-state index in [9.17, 15) is 18.2 Å². The van der Waals surface area contributed by atoms with Crippen LogP contribution in [0.5, 0.6) is 5.75 Å². The van der Waals surface area contributed by atoms with Gasteiger partial charge in [-0.25, -0.2) is 22.9 Å². The fourth-order valence-electron chi connectivity index (χ4n) is 5.88. The van der Waals surface area contributed by atoms with Gasteiger partial charge in [0.15, 0.2) is 0 Å². The number of ether oxygens (including phenoxy) is 2. The average molecular weight is 624 g/mol. The Morgan fingerprint density at radius 2 is 1.73 bits per heavy atom. The Kier molecular flexibility index (Phi) is 7.86. The molecule has 1 aliphatic rings. The highest BCUT2D eigenvalue weighted by Crippen LogP contribution is 2.41. The first-order valence-corrected chi connectivity index (χ1v) is 16.3. The van der Waals surface area contributed by atoms with Crippen molar-refractivity contribution in [3.05, 3.63) is 81.4 Å². The number of esters is 1. The Bertz CT molecular complexity index is 1920. The van der Waals surface area contributed by atoms with Gasteiger partial charge in [-0.2, -0.15) is 5.10 Å². The summed E-state index contributed by atoms with van der Waals surface area (Å²) < 4.78 is 50.8. The van der Waals surface area contributed by atoms with E-state index in [4.69, 9.17) is 19.4 Å². The molecule has 10 nitrogen and oxygen atoms in total. The molecule has 0 spiro atoms. The molecule has 0 fully saturated rings. The Morgan fingerprint density at radius 1 is 1.09 bits per heavy atom. The highest BCUT2D eigenvalue weighted by atomic mass is 32.2. The summed E-state index contributed by atoms with van der Waals surface area (Å²) in [5, 5.41) is 4.92. The van der Waals surface area contributed by atoms with Gasteiger partial charge in [-0.3, -0.25) is 13.9 Å². The summed E-state index contributed by atoms with van der Waals surface area (Å²) in [7, 11) is -1.65. The van der Waals surface area contributed by atoms with E-state index in [1.807, 2.05) is 27.7 Å². The average Bonchev–Trinajstić information content (AvgIpc) is 3.50. The maximum absolute atomic E-state index is 14.7. The standard InChI is InChI=1S/C32H38FN5O5S/c1-18-15-22(16-19(2)28(18)33)38-29(27-20(3)23(10-11-24(27)35-38)30(39)43-32(4,5)6)37-14-13-36(31(37)40)21-9-12-26(44(8,34)41)25(17-21)42-7/h9,12-17,20,23,34H,10-11H2,1-8H3/t20-,23?,44?/m1/s1. The number of aromatic nitrogens is 4. The van der Waals surface area contributed by atoms with E-state index in [0.717, 1.165) is 11.3 Å². The molecule has 3 atom stereocenters. The number of nitrogens with one attached hydrogen (secondary N) is 1. The van der Waals surface area contributed by atoms with Crippen LogP contribution in [0.1, 0.15) is 62.4 Å². The van der Waals surface area contributed by atoms with Crippen LogP contribution in [0.4, 0.5) is 4.39 Å². The number of hydrogen-bond acceptors (Lipinski definition) is 7. The molecule has 2 aromatic heterocycles. The third kappa shape index (κ3) is 5.58. The molecule has 44 heavy (non-hydrogen) atoms. The number of hydrogen-bond donors (Lipinski definition) is 1. The van der Waals surface area contributed by atoms with Crippen LogP contribution >= 0.6 is 0 Å². The van der Waals surface area contributed by atoms with Gasteiger partial charge in [0.1, 0.15) is 23.0 Å². The summed E-state index contributed by atoms with van der Waals surface area (Å²) in [6.45, 7) is 10.8. The number of rotatable bonds is 6. The van der Waals surface area contributed by atoms with Crippen LogP contribution in [-0.4, -0.2) is 48.1 Å². The van der Waals surface area contributed by atoms with Gasteiger partial charge in [-0.15, -0.1) is 0 Å². The van der Waals surface area contributed by atoms with Crippen molar-refractivity contribution >= 4 is 15.7 Å². The van der Waals surface area contributed by atoms with Crippen LogP contribution in [0.2, 0.25) is 0 Å². The third-order valence-corrected chi connectivity index (χ3v) is 9.13. The molecule has 2 unspecified atom stereocenters. The predicted octanol–water partition coefficient (Wildman–Crippen LogP) is 5.62. The van der Waals surface area contributed by atoms with Crippen molar-refractivity contribution < 1.29 is 22.9 Å². The molecule has 1 aliphatic carbocycles. The zero-order valence-electron chi connectivity index (χ0n) is 26.2. The molecule has 0 saturated carbocycles. The number of carbonyl (C=O) groups is 1. The summed E-state index contributed by atoms with van der Waals surface area (Å²) in [5.41, 5.74) is 2.36. The van der Waals surface area contributed by atoms with Crippen molar-refractivity contribution in [2.75, 3.05) is 13.4 Å². The molecule has 2 aromatic carbocycles. The first-order valence-electron chi connectivity index (χ1n) is 14.4. The number of nitrogens with zero attached hydrogens (tertiary/aromatic N) is 4. The minimum atomic E-state index is -3.07. The van der Waals surface area contributed by atoms with E-state index in [-0.39, 0.29) is 28.3 Å². The molecule has 0 amide bonds. The van der Waals surface area contributed by atoms with Gasteiger partial charge in [0.2, 0.25) is 0 Å². The van der Waals surface area contributed by atoms with Crippen molar-refractivity contribution in [3.8, 4) is 22.9 Å². The lowest BCUT2D eigenvalue weighted by Crippen LogP contribution is -2.34. The SMILES string of the molecule is COc1cc(-n2ccn(-c3c4c(nn3-c3cc(C)c(F)c(C)c3)CCC(C(=O)OC(C)(C)C)[C@H]4C)c2=O)ccc1S(C)(=N)=O. The molecule has 0 radical (unpaired) electrons. The smallest absolute Gasteiger partial charge is 0.338 e. The normalized spacial score (nSPS) is 18.0. The zero-order valence-corrected chi connectivity index (χ0v) is 27.0. The van der Waals surface area contributed by atoms with Crippen LogP contribution in [0.25, 0.3) is 17.2 Å². The summed E-state index contributed by atoms with van der Waals surface area (Å²) in [6.07, 6.45) is 5.57. The minimum Gasteiger partial charge on any atom is -0.495 e. The lowest BCUT2D eigenvalue weighted by Gasteiger charge is -2.30. The van der Waals surface area contributed by atoms with Crippen LogP contribution in [0, 0.1) is 30.4 Å². The summed E-state index contributed by atoms with van der Waals surface area (Å²) in [4.78, 5) is 27.6. The van der Waals surface area contributed by atoms with Gasteiger partial charge in [0, 0.05) is 30.3 Å². The summed E-state index contributed by atoms with van der Waals surface area (Å²) in [5.74, 6) is -0.696. The van der Waals surface area contributed by atoms with Gasteiger partial charge in [-0.1, -0.05) is 6.92 Å². The first-order chi connectivity index (χ1) is 20.5. The molecule has 234 valence electrons. The number of halogens is 1. The van der Waals surface area contributed by atoms with E-state index in [1.54, 1.807) is 55.2 Å². The largest absolute Gasteiger partial charge is 0.495 e. The van der Waals surface area contributed by atoms with Crippen LogP contribution < -0.4 is 10.4 Å². The van der Waals surface area contributed by atoms with Crippen LogP contribution in [-0.2, 0) is 25.7 Å². The van der Waals surface area contributed by atoms with Crippen molar-refractivity contribution in [2.45, 2.75) is 70.8 Å². The molecular formula is C32H38FN5O5S. The Balaban J connectivity index is 1.71. The summed E-state index contributed by atoms with van der Waals surface area (Å²) >= 11 is 0. The lowest BCUT2D eigenvalue weighted by molar-refractivity contribution is -0.161. The minimum absolute atomic E-state index is 0.229. The van der Waals surface area contributed by atoms with Gasteiger partial charge in [0.05, 0.1) is 44.7 Å². The number of fused-ring (bicyclic) bond motifs is 1. The molecule has 0 saturated heterocycles. The molecule has 5 rings (SSSR count). The van der Waals surface area contributed by atoms with E-state index in [0.29, 0.717) is 41.2 Å². The maximum Gasteiger partial charge on any atom is 0.338 e. The second-order valence-corrected chi connectivity index (χ2v) is 14.6. The first kappa shape index (κ1) is 31.2. The summed E-state index contributed by atoms with van der Waals surface area (Å²) in [6, 6.07) is 8.09. The fraction of sp³-hybridized carbons (Fsp3) is 0.406. The van der Waals surface area contributed by atoms with Crippen molar-refractivity contribution in [2.24, 2.45) is 5.92 Å². The third-order valence-electron chi connectivity index (χ3n) is 7.95. The van der Waals surface area contributed by atoms with Crippen molar-refractivity contribution in [1.29, 1.82) is 4.78 Å². The number of carbonyl (C=O) groups excluding carboxylic acids is 1. The highest BCUT2D eigenvalue weighted by molar-refractivity contribution is 7.91. The van der Waals surface area contributed by atoms with Gasteiger partial charge < -0.3 is 9.47 Å².